The molecule has 1 aliphatic heterocycles. The summed E-state index contributed by atoms with van der Waals surface area (Å²) in [5.41, 5.74) is 0. The third kappa shape index (κ3) is 2.92. The molecule has 0 aliphatic carbocycles. The van der Waals surface area contributed by atoms with Gasteiger partial charge in [-0.15, -0.1) is 11.8 Å². The van der Waals surface area contributed by atoms with Crippen molar-refractivity contribution in [2.75, 3.05) is 24.4 Å². The van der Waals surface area contributed by atoms with Crippen molar-refractivity contribution in [3.63, 3.8) is 0 Å². The molecule has 0 saturated carbocycles. The van der Waals surface area contributed by atoms with E-state index in [1.807, 2.05) is 0 Å². The van der Waals surface area contributed by atoms with E-state index in [0.29, 0.717) is 0 Å². The smallest absolute Gasteiger partial charge is 0.315 e. The molecule has 0 aromatic rings. The Hall–Kier alpha value is -0.160. The van der Waals surface area contributed by atoms with E-state index in [-0.39, 0.29) is 11.0 Å². The third-order valence-corrected chi connectivity index (χ3v) is 4.89. The number of ether oxygens (including phenoxy) is 1. The first-order valence-electron chi connectivity index (χ1n) is 4.47. The van der Waals surface area contributed by atoms with Crippen LogP contribution in [0.25, 0.3) is 0 Å². The molecule has 3 nitrogen and oxygen atoms in total. The largest absolute Gasteiger partial charge is 0.468 e. The fourth-order valence-electron chi connectivity index (χ4n) is 1.22. The standard InChI is InChI=1S/C9H14O3S2/c1-6(9(11)12-2)8(10)7-5-13-3-4-14-7/h6-7H,3-5H2,1-2H3. The van der Waals surface area contributed by atoms with E-state index in [1.165, 1.54) is 7.11 Å². The van der Waals surface area contributed by atoms with Crippen molar-refractivity contribution in [1.82, 2.24) is 0 Å². The van der Waals surface area contributed by atoms with Crippen LogP contribution in [0.3, 0.4) is 0 Å². The highest BCUT2D eigenvalue weighted by atomic mass is 32.2. The fraction of sp³-hybridized carbons (Fsp3) is 0.778. The van der Waals surface area contributed by atoms with Crippen LogP contribution in [0.15, 0.2) is 0 Å². The van der Waals surface area contributed by atoms with Crippen LogP contribution in [0.2, 0.25) is 0 Å². The molecule has 5 heteroatoms. The predicted octanol–water partition coefficient (Wildman–Crippen LogP) is 1.21. The number of carbonyl (C=O) groups is 2. The molecule has 14 heavy (non-hydrogen) atoms. The molecule has 2 unspecified atom stereocenters. The zero-order valence-corrected chi connectivity index (χ0v) is 9.95. The van der Waals surface area contributed by atoms with Crippen molar-refractivity contribution in [1.29, 1.82) is 0 Å². The highest BCUT2D eigenvalue weighted by molar-refractivity contribution is 8.07. The molecule has 0 aromatic heterocycles. The number of esters is 1. The van der Waals surface area contributed by atoms with Crippen molar-refractivity contribution in [3.8, 4) is 0 Å². The molecule has 0 aromatic carbocycles. The van der Waals surface area contributed by atoms with Crippen LogP contribution in [0.4, 0.5) is 0 Å². The second-order valence-corrected chi connectivity index (χ2v) is 5.54. The maximum Gasteiger partial charge on any atom is 0.315 e. The Balaban J connectivity index is 2.50. The van der Waals surface area contributed by atoms with Gasteiger partial charge in [-0.2, -0.15) is 11.8 Å². The molecule has 0 bridgehead atoms. The van der Waals surface area contributed by atoms with E-state index in [0.717, 1.165) is 17.3 Å². The van der Waals surface area contributed by atoms with E-state index in [9.17, 15) is 9.59 Å². The van der Waals surface area contributed by atoms with Gasteiger partial charge in [0.15, 0.2) is 5.78 Å². The van der Waals surface area contributed by atoms with Gasteiger partial charge in [-0.1, -0.05) is 0 Å². The Labute approximate surface area is 92.3 Å². The maximum absolute atomic E-state index is 11.8. The lowest BCUT2D eigenvalue weighted by Crippen LogP contribution is -2.33. The summed E-state index contributed by atoms with van der Waals surface area (Å²) in [7, 11) is 1.31. The topological polar surface area (TPSA) is 43.4 Å². The first kappa shape index (κ1) is 11.9. The summed E-state index contributed by atoms with van der Waals surface area (Å²) in [6.45, 7) is 1.62. The van der Waals surface area contributed by atoms with E-state index >= 15 is 0 Å². The molecule has 0 spiro atoms. The van der Waals surface area contributed by atoms with Crippen LogP contribution in [0.1, 0.15) is 6.92 Å². The number of carbonyl (C=O) groups excluding carboxylic acids is 2. The van der Waals surface area contributed by atoms with E-state index in [2.05, 4.69) is 4.74 Å². The van der Waals surface area contributed by atoms with Crippen LogP contribution in [0, 0.1) is 5.92 Å². The normalized spacial score (nSPS) is 24.0. The molecule has 1 aliphatic rings. The van der Waals surface area contributed by atoms with Gasteiger partial charge >= 0.3 is 5.97 Å². The van der Waals surface area contributed by atoms with Gasteiger partial charge in [0.2, 0.25) is 0 Å². The molecular formula is C9H14O3S2. The highest BCUT2D eigenvalue weighted by Crippen LogP contribution is 2.26. The Morgan fingerprint density at radius 1 is 1.43 bits per heavy atom. The minimum Gasteiger partial charge on any atom is -0.468 e. The summed E-state index contributed by atoms with van der Waals surface area (Å²) in [4.78, 5) is 22.9. The second kappa shape index (κ2) is 5.66. The molecule has 1 rings (SSSR count). The predicted molar refractivity (Wildman–Crippen MR) is 59.8 cm³/mol. The molecule has 2 atom stereocenters. The Morgan fingerprint density at radius 2 is 2.14 bits per heavy atom. The maximum atomic E-state index is 11.8. The van der Waals surface area contributed by atoms with Crippen LogP contribution >= 0.6 is 23.5 Å². The molecule has 80 valence electrons. The Kier molecular flexibility index (Phi) is 4.81. The van der Waals surface area contributed by atoms with E-state index in [1.54, 1.807) is 30.4 Å². The molecule has 1 fully saturated rings. The van der Waals surface area contributed by atoms with Gasteiger partial charge in [0.05, 0.1) is 12.4 Å². The van der Waals surface area contributed by atoms with Gasteiger partial charge in [0, 0.05) is 17.3 Å². The summed E-state index contributed by atoms with van der Waals surface area (Å²) in [5.74, 6) is 1.89. The number of ketones is 1. The molecular weight excluding hydrogens is 220 g/mol. The summed E-state index contributed by atoms with van der Waals surface area (Å²) >= 11 is 3.42. The van der Waals surface area contributed by atoms with Gasteiger partial charge < -0.3 is 4.74 Å². The van der Waals surface area contributed by atoms with Crippen LogP contribution < -0.4 is 0 Å². The van der Waals surface area contributed by atoms with Gasteiger partial charge in [0.25, 0.3) is 0 Å². The monoisotopic (exact) mass is 234 g/mol. The van der Waals surface area contributed by atoms with E-state index in [4.69, 9.17) is 0 Å². The number of thioether (sulfide) groups is 2. The summed E-state index contributed by atoms with van der Waals surface area (Å²) in [6.07, 6.45) is 0. The number of rotatable bonds is 3. The van der Waals surface area contributed by atoms with Crippen LogP contribution in [0.5, 0.6) is 0 Å². The third-order valence-electron chi connectivity index (χ3n) is 2.11. The Morgan fingerprint density at radius 3 is 2.64 bits per heavy atom. The molecule has 0 N–H and O–H groups in total. The summed E-state index contributed by atoms with van der Waals surface area (Å²) in [6, 6.07) is 0. The summed E-state index contributed by atoms with van der Waals surface area (Å²) < 4.78 is 4.55. The lowest BCUT2D eigenvalue weighted by molar-refractivity contribution is -0.148. The first-order valence-corrected chi connectivity index (χ1v) is 6.68. The zero-order valence-electron chi connectivity index (χ0n) is 8.32. The number of methoxy groups -OCH3 is 1. The minimum absolute atomic E-state index is 0.00838. The van der Waals surface area contributed by atoms with Gasteiger partial charge in [0.1, 0.15) is 5.92 Å². The average Bonchev–Trinajstić information content (AvgIpc) is 2.27. The second-order valence-electron chi connectivity index (χ2n) is 3.08. The zero-order chi connectivity index (χ0) is 10.6. The van der Waals surface area contributed by atoms with E-state index < -0.39 is 11.9 Å². The summed E-state index contributed by atoms with van der Waals surface area (Å²) in [5, 5.41) is -0.0251. The quantitative estimate of drug-likeness (QED) is 0.542. The molecule has 1 saturated heterocycles. The molecule has 0 radical (unpaired) electrons. The number of hydrogen-bond donors (Lipinski definition) is 0. The van der Waals surface area contributed by atoms with Crippen molar-refractivity contribution in [2.24, 2.45) is 5.92 Å². The number of hydrogen-bond acceptors (Lipinski definition) is 5. The lowest BCUT2D eigenvalue weighted by Gasteiger charge is -2.21. The van der Waals surface area contributed by atoms with Crippen molar-refractivity contribution >= 4 is 35.3 Å². The van der Waals surface area contributed by atoms with Gasteiger partial charge in [-0.05, 0) is 6.92 Å². The average molecular weight is 234 g/mol. The first-order chi connectivity index (χ1) is 6.66. The van der Waals surface area contributed by atoms with Crippen molar-refractivity contribution in [2.45, 2.75) is 12.2 Å². The van der Waals surface area contributed by atoms with Crippen molar-refractivity contribution in [3.05, 3.63) is 0 Å². The van der Waals surface area contributed by atoms with Crippen LogP contribution in [-0.2, 0) is 14.3 Å². The molecule has 0 amide bonds. The minimum atomic E-state index is -0.615. The number of Topliss-reactive ketones (excluding diaryl/α,β-unsaturated/α-hetero) is 1. The van der Waals surface area contributed by atoms with Crippen LogP contribution in [-0.4, -0.2) is 41.4 Å². The SMILES string of the molecule is COC(=O)C(C)C(=O)C1CSCCS1. The fourth-order valence-corrected chi connectivity index (χ4v) is 3.95. The van der Waals surface area contributed by atoms with Gasteiger partial charge in [-0.3, -0.25) is 9.59 Å². The lowest BCUT2D eigenvalue weighted by atomic mass is 10.1. The Bertz CT molecular complexity index is 224. The highest BCUT2D eigenvalue weighted by Gasteiger charge is 2.30. The molecule has 1 heterocycles. The van der Waals surface area contributed by atoms with Gasteiger partial charge in [-0.25, -0.2) is 0 Å². The van der Waals surface area contributed by atoms with Crippen molar-refractivity contribution < 1.29 is 14.3 Å².